The monoisotopic (exact) mass is 1020 g/mol. The van der Waals surface area contributed by atoms with Gasteiger partial charge < -0.3 is 20.1 Å². The molecular weight excluding hydrogens is 906 g/mol. The standard InChI is InChI=1S/C61H116NO8P/c1-3-5-7-9-11-13-15-17-19-21-23-25-27-29-31-33-35-37-39-41-43-45-47-49-51-53-60(63)67-57-59(58-69-71(65,66)68-56-55-62)70-61(64)54-52-50-48-46-44-42-40-38-36-34-32-30-28-26-24-22-20-18-16-14-12-10-8-6-4-2/h16,18,22,24,28,30,59H,3-15,17,19-21,23,25-27,29,31-58,62H2,1-2H3,(H,65,66)/b18-16-,24-22-,30-28-. The Morgan fingerprint density at radius 2 is 0.732 bits per heavy atom. The smallest absolute Gasteiger partial charge is 0.462 e. The van der Waals surface area contributed by atoms with Crippen LogP contribution in [0.3, 0.4) is 0 Å². The first-order chi connectivity index (χ1) is 34.8. The molecule has 0 fully saturated rings. The minimum atomic E-state index is -4.39. The van der Waals surface area contributed by atoms with Crippen LogP contribution in [-0.4, -0.2) is 49.3 Å². The maximum Gasteiger partial charge on any atom is 0.472 e. The third kappa shape index (κ3) is 57.4. The van der Waals surface area contributed by atoms with Gasteiger partial charge >= 0.3 is 19.8 Å². The maximum atomic E-state index is 12.7. The fourth-order valence-electron chi connectivity index (χ4n) is 9.00. The number of rotatable bonds is 58. The van der Waals surface area contributed by atoms with E-state index < -0.39 is 26.5 Å². The number of allylic oxidation sites excluding steroid dienone is 6. The molecule has 9 nitrogen and oxygen atoms in total. The van der Waals surface area contributed by atoms with Crippen molar-refractivity contribution in [2.24, 2.45) is 5.73 Å². The Labute approximate surface area is 439 Å². The van der Waals surface area contributed by atoms with Crippen molar-refractivity contribution in [1.82, 2.24) is 0 Å². The fraction of sp³-hybridized carbons (Fsp3) is 0.869. The molecule has 418 valence electrons. The highest BCUT2D eigenvalue weighted by Gasteiger charge is 2.26. The molecule has 10 heteroatoms. The summed E-state index contributed by atoms with van der Waals surface area (Å²) in [7, 11) is -4.39. The molecule has 71 heavy (non-hydrogen) atoms. The predicted octanol–water partition coefficient (Wildman–Crippen LogP) is 19.2. The number of nitrogens with two attached hydrogens (primary N) is 1. The van der Waals surface area contributed by atoms with Crippen molar-refractivity contribution in [2.75, 3.05) is 26.4 Å². The van der Waals surface area contributed by atoms with E-state index in [1.165, 1.54) is 225 Å². The second-order valence-electron chi connectivity index (χ2n) is 20.6. The van der Waals surface area contributed by atoms with Crippen molar-refractivity contribution >= 4 is 19.8 Å². The van der Waals surface area contributed by atoms with Crippen LogP contribution in [0.25, 0.3) is 0 Å². The van der Waals surface area contributed by atoms with Crippen LogP contribution in [0.4, 0.5) is 0 Å². The topological polar surface area (TPSA) is 134 Å². The molecule has 0 saturated heterocycles. The van der Waals surface area contributed by atoms with E-state index in [2.05, 4.69) is 50.3 Å². The Bertz CT molecular complexity index is 1260. The molecule has 0 heterocycles. The second kappa shape index (κ2) is 57.5. The first-order valence-corrected chi connectivity index (χ1v) is 32.0. The molecule has 0 radical (unpaired) electrons. The minimum Gasteiger partial charge on any atom is -0.462 e. The summed E-state index contributed by atoms with van der Waals surface area (Å²) in [4.78, 5) is 35.2. The zero-order valence-electron chi connectivity index (χ0n) is 46.7. The zero-order valence-corrected chi connectivity index (χ0v) is 47.6. The average Bonchev–Trinajstić information content (AvgIpc) is 3.36. The Hall–Kier alpha value is -1.77. The molecule has 0 aromatic heterocycles. The number of carbonyl (C=O) groups is 2. The number of ether oxygens (including phenoxy) is 2. The molecule has 0 aliphatic carbocycles. The number of hydrogen-bond acceptors (Lipinski definition) is 8. The average molecular weight is 1020 g/mol. The van der Waals surface area contributed by atoms with Gasteiger partial charge in [0.1, 0.15) is 6.61 Å². The van der Waals surface area contributed by atoms with E-state index in [9.17, 15) is 19.0 Å². The fourth-order valence-corrected chi connectivity index (χ4v) is 9.76. The lowest BCUT2D eigenvalue weighted by Crippen LogP contribution is -2.29. The number of hydrogen-bond donors (Lipinski definition) is 2. The summed E-state index contributed by atoms with van der Waals surface area (Å²) in [5.41, 5.74) is 5.39. The molecule has 3 N–H and O–H groups in total. The summed E-state index contributed by atoms with van der Waals surface area (Å²) in [5.74, 6) is -0.816. The Kier molecular flexibility index (Phi) is 56.1. The predicted molar refractivity (Wildman–Crippen MR) is 303 cm³/mol. The minimum absolute atomic E-state index is 0.0540. The van der Waals surface area contributed by atoms with Crippen LogP contribution >= 0.6 is 7.82 Å². The van der Waals surface area contributed by atoms with Gasteiger partial charge in [-0.25, -0.2) is 4.57 Å². The van der Waals surface area contributed by atoms with Gasteiger partial charge in [-0.3, -0.25) is 18.6 Å². The van der Waals surface area contributed by atoms with Crippen molar-refractivity contribution in [3.05, 3.63) is 36.5 Å². The molecular formula is C61H116NO8P. The van der Waals surface area contributed by atoms with E-state index in [1.54, 1.807) is 0 Å². The lowest BCUT2D eigenvalue weighted by molar-refractivity contribution is -0.161. The Balaban J connectivity index is 3.93. The van der Waals surface area contributed by atoms with Crippen LogP contribution in [0, 0.1) is 0 Å². The van der Waals surface area contributed by atoms with E-state index in [0.717, 1.165) is 51.4 Å². The van der Waals surface area contributed by atoms with Gasteiger partial charge in [0, 0.05) is 19.4 Å². The first-order valence-electron chi connectivity index (χ1n) is 30.5. The summed E-state index contributed by atoms with van der Waals surface area (Å²) in [6, 6.07) is 0. The van der Waals surface area contributed by atoms with E-state index in [1.807, 2.05) is 0 Å². The van der Waals surface area contributed by atoms with Crippen LogP contribution < -0.4 is 5.73 Å². The number of unbranched alkanes of at least 4 members (excludes halogenated alkanes) is 39. The molecule has 0 aromatic rings. The van der Waals surface area contributed by atoms with Gasteiger partial charge in [-0.15, -0.1) is 0 Å². The Morgan fingerprint density at radius 3 is 1.08 bits per heavy atom. The largest absolute Gasteiger partial charge is 0.472 e. The van der Waals surface area contributed by atoms with Gasteiger partial charge in [0.25, 0.3) is 0 Å². The van der Waals surface area contributed by atoms with Gasteiger partial charge in [-0.2, -0.15) is 0 Å². The lowest BCUT2D eigenvalue weighted by atomic mass is 10.0. The number of phosphoric ester groups is 1. The highest BCUT2D eigenvalue weighted by molar-refractivity contribution is 7.47. The summed E-state index contributed by atoms with van der Waals surface area (Å²) in [6.45, 7) is 3.78. The number of carbonyl (C=O) groups excluding carboxylic acids is 2. The molecule has 0 bridgehead atoms. The highest BCUT2D eigenvalue weighted by atomic mass is 31.2. The Morgan fingerprint density at radius 1 is 0.423 bits per heavy atom. The van der Waals surface area contributed by atoms with E-state index in [4.69, 9.17) is 24.3 Å². The second-order valence-corrected chi connectivity index (χ2v) is 22.0. The number of phosphoric acid groups is 1. The number of esters is 2. The molecule has 0 rings (SSSR count). The van der Waals surface area contributed by atoms with Crippen molar-refractivity contribution in [3.63, 3.8) is 0 Å². The SMILES string of the molecule is CCCCCCC/C=C\C/C=C\C/C=C\CCCCCCCCCCCCC(=O)OC(COC(=O)CCCCCCCCCCCCCCCCCCCCCCCCCCC)COP(=O)(O)OCCN. The summed E-state index contributed by atoms with van der Waals surface area (Å²) in [5, 5.41) is 0. The van der Waals surface area contributed by atoms with Crippen LogP contribution in [0.15, 0.2) is 36.5 Å². The van der Waals surface area contributed by atoms with Crippen LogP contribution in [-0.2, 0) is 32.7 Å². The van der Waals surface area contributed by atoms with Gasteiger partial charge in [0.15, 0.2) is 6.10 Å². The van der Waals surface area contributed by atoms with Crippen molar-refractivity contribution < 1.29 is 37.6 Å². The van der Waals surface area contributed by atoms with Crippen LogP contribution in [0.1, 0.15) is 309 Å². The molecule has 0 saturated carbocycles. The summed E-state index contributed by atoms with van der Waals surface area (Å²) < 4.78 is 33.1. The molecule has 0 aliphatic heterocycles. The third-order valence-corrected chi connectivity index (χ3v) is 14.5. The third-order valence-electron chi connectivity index (χ3n) is 13.5. The van der Waals surface area contributed by atoms with Crippen molar-refractivity contribution in [3.8, 4) is 0 Å². The molecule has 0 aliphatic rings. The lowest BCUT2D eigenvalue weighted by Gasteiger charge is -2.19. The van der Waals surface area contributed by atoms with Gasteiger partial charge in [0.2, 0.25) is 0 Å². The van der Waals surface area contributed by atoms with Gasteiger partial charge in [0.05, 0.1) is 13.2 Å². The van der Waals surface area contributed by atoms with Gasteiger partial charge in [-0.05, 0) is 51.4 Å². The van der Waals surface area contributed by atoms with Crippen molar-refractivity contribution in [2.45, 2.75) is 315 Å². The van der Waals surface area contributed by atoms with Crippen LogP contribution in [0.5, 0.6) is 0 Å². The van der Waals surface area contributed by atoms with Crippen LogP contribution in [0.2, 0.25) is 0 Å². The summed E-state index contributed by atoms with van der Waals surface area (Å²) in [6.07, 6.45) is 69.2. The highest BCUT2D eigenvalue weighted by Crippen LogP contribution is 2.43. The molecule has 2 unspecified atom stereocenters. The molecule has 0 spiro atoms. The van der Waals surface area contributed by atoms with Crippen molar-refractivity contribution in [1.29, 1.82) is 0 Å². The summed E-state index contributed by atoms with van der Waals surface area (Å²) >= 11 is 0. The van der Waals surface area contributed by atoms with Gasteiger partial charge in [-0.1, -0.05) is 281 Å². The molecule has 0 aromatic carbocycles. The van der Waals surface area contributed by atoms with E-state index >= 15 is 0 Å². The normalized spacial score (nSPS) is 13.2. The van der Waals surface area contributed by atoms with E-state index in [0.29, 0.717) is 6.42 Å². The van der Waals surface area contributed by atoms with E-state index in [-0.39, 0.29) is 38.6 Å². The maximum absolute atomic E-state index is 12.7. The quantitative estimate of drug-likeness (QED) is 0.0264. The first kappa shape index (κ1) is 69.2. The zero-order chi connectivity index (χ0) is 51.7. The molecule has 0 amide bonds. The molecule has 2 atom stereocenters.